The number of carboxylic acid groups (broad SMARTS) is 1. The van der Waals surface area contributed by atoms with Crippen LogP contribution in [-0.4, -0.2) is 32.1 Å². The van der Waals surface area contributed by atoms with Gasteiger partial charge in [-0.3, -0.25) is 4.68 Å². The van der Waals surface area contributed by atoms with Crippen molar-refractivity contribution in [2.75, 3.05) is 0 Å². The second-order valence-electron chi connectivity index (χ2n) is 2.41. The van der Waals surface area contributed by atoms with Crippen LogP contribution in [-0.2, 0) is 11.3 Å². The first-order chi connectivity index (χ1) is 5.70. The number of carbonyl (C=O) groups is 1. The highest BCUT2D eigenvalue weighted by Gasteiger charge is 2.12. The van der Waals surface area contributed by atoms with Crippen molar-refractivity contribution in [3.8, 4) is 0 Å². The predicted octanol–water partition coefficient (Wildman–Crippen LogP) is -0.281. The molecule has 0 aliphatic carbocycles. The zero-order valence-corrected chi connectivity index (χ0v) is 6.42. The number of aliphatic carboxylic acids is 1. The third-order valence-corrected chi connectivity index (χ3v) is 1.48. The molecule has 5 nitrogen and oxygen atoms in total. The Labute approximate surface area is 69.2 Å². The van der Waals surface area contributed by atoms with E-state index in [-0.39, 0.29) is 6.42 Å². The third kappa shape index (κ3) is 2.35. The van der Waals surface area contributed by atoms with Crippen molar-refractivity contribution in [2.24, 2.45) is 0 Å². The van der Waals surface area contributed by atoms with Gasteiger partial charge in [-0.15, -0.1) is 0 Å². The highest BCUT2D eigenvalue weighted by molar-refractivity contribution is 5.71. The number of hydrogen-bond acceptors (Lipinski definition) is 3. The standard InChI is InChI=1S/C7H10N2O3/c10-6(7(11)12)2-5-9-4-1-3-8-9/h1,3-4,6,10H,2,5H2,(H,11,12)/t6-/m1/s1. The molecule has 0 amide bonds. The maximum absolute atomic E-state index is 10.2. The molecule has 0 aliphatic heterocycles. The molecule has 0 radical (unpaired) electrons. The Kier molecular flexibility index (Phi) is 2.82. The molecule has 5 heteroatoms. The lowest BCUT2D eigenvalue weighted by Crippen LogP contribution is -2.21. The van der Waals surface area contributed by atoms with Crippen LogP contribution in [0.4, 0.5) is 0 Å². The molecule has 0 aliphatic rings. The maximum atomic E-state index is 10.2. The number of carboxylic acids is 1. The fraction of sp³-hybridized carbons (Fsp3) is 0.429. The first kappa shape index (κ1) is 8.73. The molecule has 0 bridgehead atoms. The van der Waals surface area contributed by atoms with Gasteiger partial charge in [0.15, 0.2) is 6.10 Å². The molecule has 0 aromatic carbocycles. The first-order valence-electron chi connectivity index (χ1n) is 3.58. The van der Waals surface area contributed by atoms with Crippen LogP contribution in [0, 0.1) is 0 Å². The Balaban J connectivity index is 2.31. The van der Waals surface area contributed by atoms with Crippen LogP contribution in [0.25, 0.3) is 0 Å². The number of nitrogens with zero attached hydrogens (tertiary/aromatic N) is 2. The highest BCUT2D eigenvalue weighted by atomic mass is 16.4. The van der Waals surface area contributed by atoms with Gasteiger partial charge in [0.05, 0.1) is 0 Å². The minimum atomic E-state index is -1.30. The summed E-state index contributed by atoms with van der Waals surface area (Å²) in [6, 6.07) is 1.74. The molecular formula is C7H10N2O3. The molecule has 0 fully saturated rings. The molecule has 1 aromatic heterocycles. The number of aliphatic hydroxyl groups excluding tert-OH is 1. The van der Waals surface area contributed by atoms with Crippen LogP contribution in [0.3, 0.4) is 0 Å². The summed E-state index contributed by atoms with van der Waals surface area (Å²) >= 11 is 0. The van der Waals surface area contributed by atoms with E-state index in [4.69, 9.17) is 10.2 Å². The van der Waals surface area contributed by atoms with Crippen LogP contribution in [0.1, 0.15) is 6.42 Å². The molecule has 1 rings (SSSR count). The van der Waals surface area contributed by atoms with E-state index >= 15 is 0 Å². The van der Waals surface area contributed by atoms with E-state index in [1.54, 1.807) is 23.1 Å². The minimum Gasteiger partial charge on any atom is -0.479 e. The van der Waals surface area contributed by atoms with Gasteiger partial charge >= 0.3 is 5.97 Å². The fourth-order valence-electron chi connectivity index (χ4n) is 0.811. The quantitative estimate of drug-likeness (QED) is 0.651. The minimum absolute atomic E-state index is 0.178. The lowest BCUT2D eigenvalue weighted by Gasteiger charge is -2.04. The Morgan fingerprint density at radius 1 is 1.67 bits per heavy atom. The van der Waals surface area contributed by atoms with Gasteiger partial charge in [-0.1, -0.05) is 0 Å². The molecule has 1 heterocycles. The molecular weight excluding hydrogens is 160 g/mol. The van der Waals surface area contributed by atoms with Gasteiger partial charge < -0.3 is 10.2 Å². The van der Waals surface area contributed by atoms with Gasteiger partial charge in [0, 0.05) is 25.4 Å². The normalized spacial score (nSPS) is 12.8. The van der Waals surface area contributed by atoms with E-state index in [1.807, 2.05) is 0 Å². The Morgan fingerprint density at radius 2 is 2.42 bits per heavy atom. The molecule has 0 saturated carbocycles. The predicted molar refractivity (Wildman–Crippen MR) is 40.5 cm³/mol. The van der Waals surface area contributed by atoms with Crippen LogP contribution < -0.4 is 0 Å². The van der Waals surface area contributed by atoms with E-state index in [0.29, 0.717) is 6.54 Å². The second-order valence-corrected chi connectivity index (χ2v) is 2.41. The Hall–Kier alpha value is -1.36. The molecule has 0 spiro atoms. The highest BCUT2D eigenvalue weighted by Crippen LogP contribution is 1.95. The molecule has 1 aromatic rings. The number of hydrogen-bond donors (Lipinski definition) is 2. The Bertz CT molecular complexity index is 245. The SMILES string of the molecule is O=C(O)[C@H](O)CCn1cccn1. The zero-order chi connectivity index (χ0) is 8.97. The average molecular weight is 170 g/mol. The van der Waals surface area contributed by atoms with Crippen molar-refractivity contribution in [3.05, 3.63) is 18.5 Å². The number of aliphatic hydroxyl groups is 1. The van der Waals surface area contributed by atoms with Crippen LogP contribution in [0.2, 0.25) is 0 Å². The summed E-state index contributed by atoms with van der Waals surface area (Å²) in [7, 11) is 0. The zero-order valence-electron chi connectivity index (χ0n) is 6.42. The van der Waals surface area contributed by atoms with Crippen LogP contribution >= 0.6 is 0 Å². The summed E-state index contributed by atoms with van der Waals surface area (Å²) in [5.41, 5.74) is 0. The fourth-order valence-corrected chi connectivity index (χ4v) is 0.811. The Morgan fingerprint density at radius 3 is 2.92 bits per heavy atom. The largest absolute Gasteiger partial charge is 0.479 e. The van der Waals surface area contributed by atoms with E-state index in [1.165, 1.54) is 0 Å². The summed E-state index contributed by atoms with van der Waals surface area (Å²) < 4.78 is 1.58. The summed E-state index contributed by atoms with van der Waals surface area (Å²) in [5.74, 6) is -1.19. The van der Waals surface area contributed by atoms with Gasteiger partial charge in [0.2, 0.25) is 0 Å². The lowest BCUT2D eigenvalue weighted by molar-refractivity contribution is -0.147. The van der Waals surface area contributed by atoms with Crippen molar-refractivity contribution >= 4 is 5.97 Å². The topological polar surface area (TPSA) is 75.3 Å². The van der Waals surface area contributed by atoms with Gasteiger partial charge in [-0.05, 0) is 6.07 Å². The van der Waals surface area contributed by atoms with Crippen molar-refractivity contribution < 1.29 is 15.0 Å². The average Bonchev–Trinajstić information content (AvgIpc) is 2.51. The van der Waals surface area contributed by atoms with Gasteiger partial charge in [-0.25, -0.2) is 4.79 Å². The molecule has 12 heavy (non-hydrogen) atoms. The van der Waals surface area contributed by atoms with Crippen LogP contribution in [0.5, 0.6) is 0 Å². The van der Waals surface area contributed by atoms with Crippen LogP contribution in [0.15, 0.2) is 18.5 Å². The smallest absolute Gasteiger partial charge is 0.332 e. The summed E-state index contributed by atoms with van der Waals surface area (Å²) in [6.45, 7) is 0.417. The van der Waals surface area contributed by atoms with E-state index in [9.17, 15) is 4.79 Å². The summed E-state index contributed by atoms with van der Waals surface area (Å²) in [5, 5.41) is 21.1. The number of aryl methyl sites for hydroxylation is 1. The van der Waals surface area contributed by atoms with E-state index < -0.39 is 12.1 Å². The van der Waals surface area contributed by atoms with Gasteiger partial charge in [0.25, 0.3) is 0 Å². The van der Waals surface area contributed by atoms with Crippen molar-refractivity contribution in [2.45, 2.75) is 19.1 Å². The molecule has 66 valence electrons. The number of aromatic nitrogens is 2. The van der Waals surface area contributed by atoms with Crippen molar-refractivity contribution in [1.29, 1.82) is 0 Å². The maximum Gasteiger partial charge on any atom is 0.332 e. The lowest BCUT2D eigenvalue weighted by atomic mass is 10.2. The summed E-state index contributed by atoms with van der Waals surface area (Å²) in [4.78, 5) is 10.2. The van der Waals surface area contributed by atoms with Gasteiger partial charge in [0.1, 0.15) is 0 Å². The van der Waals surface area contributed by atoms with E-state index in [2.05, 4.69) is 5.10 Å². The van der Waals surface area contributed by atoms with Gasteiger partial charge in [-0.2, -0.15) is 5.10 Å². The van der Waals surface area contributed by atoms with E-state index in [0.717, 1.165) is 0 Å². The second kappa shape index (κ2) is 3.87. The first-order valence-corrected chi connectivity index (χ1v) is 3.58. The summed E-state index contributed by atoms with van der Waals surface area (Å²) in [6.07, 6.45) is 2.20. The molecule has 0 unspecified atom stereocenters. The third-order valence-electron chi connectivity index (χ3n) is 1.48. The van der Waals surface area contributed by atoms with Crippen molar-refractivity contribution in [3.63, 3.8) is 0 Å². The molecule has 0 saturated heterocycles. The molecule has 2 N–H and O–H groups in total. The molecule has 1 atom stereocenters. The van der Waals surface area contributed by atoms with Crippen molar-refractivity contribution in [1.82, 2.24) is 9.78 Å². The number of rotatable bonds is 4. The monoisotopic (exact) mass is 170 g/mol.